The first-order valence-electron chi connectivity index (χ1n) is 10.2. The van der Waals surface area contributed by atoms with Gasteiger partial charge in [-0.15, -0.1) is 0 Å². The summed E-state index contributed by atoms with van der Waals surface area (Å²) in [6.45, 7) is 3.47. The molecule has 0 radical (unpaired) electrons. The summed E-state index contributed by atoms with van der Waals surface area (Å²) in [6.07, 6.45) is 0.119. The molecule has 0 aliphatic heterocycles. The zero-order chi connectivity index (χ0) is 24.8. The lowest BCUT2D eigenvalue weighted by Crippen LogP contribution is -2.48. The van der Waals surface area contributed by atoms with E-state index in [9.17, 15) is 28.2 Å². The van der Waals surface area contributed by atoms with Gasteiger partial charge in [0, 0.05) is 6.54 Å². The van der Waals surface area contributed by atoms with Crippen molar-refractivity contribution in [3.05, 3.63) is 52.5 Å². The van der Waals surface area contributed by atoms with Crippen molar-refractivity contribution in [2.75, 3.05) is 6.54 Å². The Morgan fingerprint density at radius 2 is 1.48 bits per heavy atom. The average Bonchev–Trinajstić information content (AvgIpc) is 2.73. The van der Waals surface area contributed by atoms with Crippen molar-refractivity contribution in [3.63, 3.8) is 0 Å². The minimum atomic E-state index is -3.89. The molecule has 0 spiro atoms. The van der Waals surface area contributed by atoms with Crippen LogP contribution >= 0.6 is 23.2 Å². The topological polar surface area (TPSA) is 133 Å². The first-order valence-corrected chi connectivity index (χ1v) is 12.4. The monoisotopic (exact) mass is 516 g/mol. The van der Waals surface area contributed by atoms with Crippen LogP contribution in [-0.2, 0) is 19.6 Å². The third kappa shape index (κ3) is 7.97. The quantitative estimate of drug-likeness (QED) is 0.336. The minimum Gasteiger partial charge on any atom is -0.480 e. The molecule has 0 saturated heterocycles. The molecule has 2 aromatic carbocycles. The van der Waals surface area contributed by atoms with Gasteiger partial charge in [-0.25, -0.2) is 13.1 Å². The number of carbonyl (C=O) groups is 2. The van der Waals surface area contributed by atoms with Gasteiger partial charge in [0.05, 0.1) is 14.9 Å². The highest BCUT2D eigenvalue weighted by Crippen LogP contribution is 2.29. The van der Waals surface area contributed by atoms with Crippen LogP contribution < -0.4 is 10.0 Å². The highest BCUT2D eigenvalue weighted by atomic mass is 35.5. The average molecular weight is 517 g/mol. The van der Waals surface area contributed by atoms with Gasteiger partial charge < -0.3 is 10.2 Å². The zero-order valence-electron chi connectivity index (χ0n) is 18.1. The lowest BCUT2D eigenvalue weighted by molar-refractivity contribution is -0.143. The number of hydrogen-bond donors (Lipinski definition) is 4. The number of nitrogens with one attached hydrogen (secondary N) is 2. The highest BCUT2D eigenvalue weighted by Gasteiger charge is 2.27. The Bertz CT molecular complexity index is 1090. The number of aliphatic carboxylic acids is 2. The third-order valence-corrected chi connectivity index (χ3v) is 7.06. The van der Waals surface area contributed by atoms with Gasteiger partial charge in [0.15, 0.2) is 0 Å². The van der Waals surface area contributed by atoms with Gasteiger partial charge in [0.1, 0.15) is 12.1 Å². The smallest absolute Gasteiger partial charge is 0.320 e. The fourth-order valence-electron chi connectivity index (χ4n) is 3.16. The normalized spacial score (nSPS) is 13.6. The van der Waals surface area contributed by atoms with Crippen molar-refractivity contribution in [2.45, 2.75) is 43.7 Å². The Kier molecular flexibility index (Phi) is 9.69. The van der Waals surface area contributed by atoms with E-state index in [1.807, 2.05) is 13.8 Å². The molecule has 0 aliphatic carbocycles. The molecule has 0 unspecified atom stereocenters. The molecule has 180 valence electrons. The number of carboxylic acids is 2. The van der Waals surface area contributed by atoms with E-state index in [1.54, 1.807) is 30.3 Å². The van der Waals surface area contributed by atoms with Gasteiger partial charge in [-0.2, -0.15) is 0 Å². The minimum absolute atomic E-state index is 0.00867. The van der Waals surface area contributed by atoms with Crippen LogP contribution in [0.1, 0.15) is 26.7 Å². The Morgan fingerprint density at radius 3 is 2.00 bits per heavy atom. The molecule has 0 aromatic heterocycles. The predicted molar refractivity (Wildman–Crippen MR) is 127 cm³/mol. The molecule has 4 N–H and O–H groups in total. The van der Waals surface area contributed by atoms with Crippen LogP contribution in [0.15, 0.2) is 47.4 Å². The van der Waals surface area contributed by atoms with Crippen molar-refractivity contribution in [1.82, 2.24) is 10.0 Å². The molecule has 8 nitrogen and oxygen atoms in total. The first-order chi connectivity index (χ1) is 15.4. The molecule has 0 heterocycles. The Labute approximate surface area is 203 Å². The number of sulfonamides is 1. The van der Waals surface area contributed by atoms with Gasteiger partial charge in [-0.3, -0.25) is 14.9 Å². The summed E-state index contributed by atoms with van der Waals surface area (Å²) >= 11 is 11.9. The molecule has 2 rings (SSSR count). The number of carboxylic acid groups (broad SMARTS) is 2. The molecule has 2 atom stereocenters. The summed E-state index contributed by atoms with van der Waals surface area (Å²) in [5.41, 5.74) is 1.51. The summed E-state index contributed by atoms with van der Waals surface area (Å²) in [5.74, 6) is -2.37. The van der Waals surface area contributed by atoms with Crippen molar-refractivity contribution in [1.29, 1.82) is 0 Å². The largest absolute Gasteiger partial charge is 0.480 e. The molecule has 0 fully saturated rings. The van der Waals surface area contributed by atoms with E-state index in [-0.39, 0.29) is 30.2 Å². The summed E-state index contributed by atoms with van der Waals surface area (Å²) in [7, 11) is -3.89. The van der Waals surface area contributed by atoms with Crippen LogP contribution in [0.5, 0.6) is 0 Å². The van der Waals surface area contributed by atoms with E-state index in [0.29, 0.717) is 10.0 Å². The van der Waals surface area contributed by atoms with Gasteiger partial charge in [-0.05, 0) is 54.2 Å². The van der Waals surface area contributed by atoms with E-state index < -0.39 is 34.0 Å². The van der Waals surface area contributed by atoms with Crippen LogP contribution in [0.25, 0.3) is 11.1 Å². The molecule has 11 heteroatoms. The van der Waals surface area contributed by atoms with Crippen LogP contribution in [-0.4, -0.2) is 49.2 Å². The second kappa shape index (κ2) is 11.8. The van der Waals surface area contributed by atoms with E-state index >= 15 is 0 Å². The molecule has 0 saturated carbocycles. The van der Waals surface area contributed by atoms with E-state index in [1.165, 1.54) is 12.1 Å². The van der Waals surface area contributed by atoms with Crippen LogP contribution in [0.4, 0.5) is 0 Å². The first kappa shape index (κ1) is 27.1. The second-order valence-corrected chi connectivity index (χ2v) is 10.5. The molecule has 33 heavy (non-hydrogen) atoms. The summed E-state index contributed by atoms with van der Waals surface area (Å²) in [4.78, 5) is 22.9. The summed E-state index contributed by atoms with van der Waals surface area (Å²) in [6, 6.07) is 8.92. The zero-order valence-corrected chi connectivity index (χ0v) is 20.4. The van der Waals surface area contributed by atoms with Crippen molar-refractivity contribution < 1.29 is 28.2 Å². The van der Waals surface area contributed by atoms with Crippen molar-refractivity contribution in [3.8, 4) is 11.1 Å². The van der Waals surface area contributed by atoms with Gasteiger partial charge in [0.25, 0.3) is 0 Å². The van der Waals surface area contributed by atoms with Crippen molar-refractivity contribution >= 4 is 45.2 Å². The number of rotatable bonds is 12. The molecular formula is C22H26Cl2N2O6S. The van der Waals surface area contributed by atoms with Gasteiger partial charge in [-0.1, -0.05) is 55.2 Å². The Morgan fingerprint density at radius 1 is 0.909 bits per heavy atom. The Balaban J connectivity index is 2.03. The standard InChI is InChI=1S/C22H26Cl2N2O6S/c1-13(2)11-20(22(29)30)26-19(21(27)28)9-10-25-33(31,32)16-6-3-14(4-7-16)15-5-8-17(23)18(24)12-15/h3-8,12-13,19-20,25-26H,9-11H2,1-2H3,(H,27,28)(H,29,30)/t19-,20-/m0/s1. The van der Waals surface area contributed by atoms with Crippen LogP contribution in [0.3, 0.4) is 0 Å². The number of halogens is 2. The molecule has 0 amide bonds. The highest BCUT2D eigenvalue weighted by molar-refractivity contribution is 7.89. The SMILES string of the molecule is CC(C)C[C@H](N[C@@H](CCNS(=O)(=O)c1ccc(-c2ccc(Cl)c(Cl)c2)cc1)C(=O)O)C(=O)O. The molecule has 2 aromatic rings. The number of benzene rings is 2. The maximum Gasteiger partial charge on any atom is 0.320 e. The van der Waals surface area contributed by atoms with Gasteiger partial charge in [0.2, 0.25) is 10.0 Å². The van der Waals surface area contributed by atoms with E-state index in [2.05, 4.69) is 10.0 Å². The molecular weight excluding hydrogens is 491 g/mol. The van der Waals surface area contributed by atoms with Crippen LogP contribution in [0.2, 0.25) is 10.0 Å². The lowest BCUT2D eigenvalue weighted by Gasteiger charge is -2.21. The third-order valence-electron chi connectivity index (χ3n) is 4.85. The maximum absolute atomic E-state index is 12.6. The fraction of sp³-hybridized carbons (Fsp3) is 0.364. The number of hydrogen-bond acceptors (Lipinski definition) is 5. The summed E-state index contributed by atoms with van der Waals surface area (Å²) in [5, 5.41) is 22.1. The van der Waals surface area contributed by atoms with E-state index in [4.69, 9.17) is 23.2 Å². The molecule has 0 aliphatic rings. The Hall–Kier alpha value is -2.17. The summed E-state index contributed by atoms with van der Waals surface area (Å²) < 4.78 is 27.6. The van der Waals surface area contributed by atoms with Crippen LogP contribution in [0, 0.1) is 5.92 Å². The van der Waals surface area contributed by atoms with Gasteiger partial charge >= 0.3 is 11.9 Å². The fourth-order valence-corrected chi connectivity index (χ4v) is 4.50. The van der Waals surface area contributed by atoms with E-state index in [0.717, 1.165) is 11.1 Å². The molecule has 0 bridgehead atoms. The lowest BCUT2D eigenvalue weighted by atomic mass is 10.0. The predicted octanol–water partition coefficient (Wildman–Crippen LogP) is 3.87. The maximum atomic E-state index is 12.6. The second-order valence-electron chi connectivity index (χ2n) is 7.92. The van der Waals surface area contributed by atoms with Crippen molar-refractivity contribution in [2.24, 2.45) is 5.92 Å².